The molecule has 0 spiro atoms. The molecule has 0 amide bonds. The summed E-state index contributed by atoms with van der Waals surface area (Å²) in [4.78, 5) is 0. The summed E-state index contributed by atoms with van der Waals surface area (Å²) in [5.74, 6) is -0.366. The molecule has 0 aromatic heterocycles. The van der Waals surface area contributed by atoms with E-state index in [1.165, 1.54) is 17.2 Å². The lowest BCUT2D eigenvalue weighted by molar-refractivity contribution is 0.545. The molecule has 0 saturated heterocycles. The largest absolute Gasteiger partial charge is 0.310 e. The Kier molecular flexibility index (Phi) is 5.77. The molecule has 0 bridgehead atoms. The van der Waals surface area contributed by atoms with Crippen molar-refractivity contribution in [1.29, 1.82) is 0 Å². The van der Waals surface area contributed by atoms with E-state index in [0.29, 0.717) is 0 Å². The standard InChI is InChI=1S/C18H21ClFN/c1-3-14-7-5-6-8-15(14)18(21-4-2)12-13-9-10-17(20)16(19)11-13/h5-11,18,21H,3-4,12H2,1-2H3. The summed E-state index contributed by atoms with van der Waals surface area (Å²) in [7, 11) is 0. The molecule has 0 aliphatic carbocycles. The highest BCUT2D eigenvalue weighted by Gasteiger charge is 2.14. The SMILES string of the molecule is CCNC(Cc1ccc(F)c(Cl)c1)c1ccccc1CC. The molecule has 112 valence electrons. The van der Waals surface area contributed by atoms with Crippen LogP contribution < -0.4 is 5.32 Å². The van der Waals surface area contributed by atoms with Gasteiger partial charge in [-0.25, -0.2) is 4.39 Å². The Balaban J connectivity index is 2.28. The van der Waals surface area contributed by atoms with Crippen molar-refractivity contribution < 1.29 is 4.39 Å². The molecule has 2 rings (SSSR count). The first-order chi connectivity index (χ1) is 10.2. The Bertz CT molecular complexity index is 598. The Labute approximate surface area is 131 Å². The van der Waals surface area contributed by atoms with Crippen LogP contribution in [0.1, 0.15) is 36.6 Å². The summed E-state index contributed by atoms with van der Waals surface area (Å²) in [5, 5.41) is 3.71. The zero-order valence-electron chi connectivity index (χ0n) is 12.5. The Morgan fingerprint density at radius 3 is 2.57 bits per heavy atom. The van der Waals surface area contributed by atoms with E-state index in [0.717, 1.165) is 24.9 Å². The van der Waals surface area contributed by atoms with Crippen molar-refractivity contribution >= 4 is 11.6 Å². The average molecular weight is 306 g/mol. The summed E-state index contributed by atoms with van der Waals surface area (Å²) in [6.07, 6.45) is 1.80. The predicted octanol–water partition coefficient (Wildman–Crippen LogP) is 4.93. The average Bonchev–Trinajstić information content (AvgIpc) is 2.50. The monoisotopic (exact) mass is 305 g/mol. The summed E-state index contributed by atoms with van der Waals surface area (Å²) in [6, 6.07) is 13.6. The Morgan fingerprint density at radius 1 is 1.14 bits per heavy atom. The molecule has 1 unspecified atom stereocenters. The minimum atomic E-state index is -0.366. The molecule has 1 atom stereocenters. The highest BCUT2D eigenvalue weighted by atomic mass is 35.5. The summed E-state index contributed by atoms with van der Waals surface area (Å²) >= 11 is 5.88. The second-order valence-electron chi connectivity index (χ2n) is 5.12. The molecule has 1 N–H and O–H groups in total. The molecular weight excluding hydrogens is 285 g/mol. The van der Waals surface area contributed by atoms with Gasteiger partial charge in [-0.15, -0.1) is 0 Å². The quantitative estimate of drug-likeness (QED) is 0.797. The number of halogens is 2. The van der Waals surface area contributed by atoms with Crippen LogP contribution in [0.25, 0.3) is 0 Å². The Hall–Kier alpha value is -1.38. The van der Waals surface area contributed by atoms with Crippen molar-refractivity contribution in [2.45, 2.75) is 32.7 Å². The molecule has 0 fully saturated rings. The summed E-state index contributed by atoms with van der Waals surface area (Å²) < 4.78 is 13.3. The normalized spacial score (nSPS) is 12.4. The fraction of sp³-hybridized carbons (Fsp3) is 0.333. The van der Waals surface area contributed by atoms with Crippen LogP contribution in [0.2, 0.25) is 5.02 Å². The number of rotatable bonds is 6. The third-order valence-electron chi connectivity index (χ3n) is 3.69. The molecule has 21 heavy (non-hydrogen) atoms. The van der Waals surface area contributed by atoms with E-state index in [1.54, 1.807) is 12.1 Å². The van der Waals surface area contributed by atoms with Crippen molar-refractivity contribution in [3.63, 3.8) is 0 Å². The number of hydrogen-bond acceptors (Lipinski definition) is 1. The number of hydrogen-bond donors (Lipinski definition) is 1. The van der Waals surface area contributed by atoms with E-state index < -0.39 is 0 Å². The van der Waals surface area contributed by atoms with Gasteiger partial charge in [-0.1, -0.05) is 55.8 Å². The van der Waals surface area contributed by atoms with Crippen LogP contribution in [0.3, 0.4) is 0 Å². The maximum absolute atomic E-state index is 13.3. The Morgan fingerprint density at radius 2 is 1.90 bits per heavy atom. The first kappa shape index (κ1) is 16.0. The van der Waals surface area contributed by atoms with Crippen LogP contribution in [0.15, 0.2) is 42.5 Å². The fourth-order valence-electron chi connectivity index (χ4n) is 2.64. The lowest BCUT2D eigenvalue weighted by atomic mass is 9.93. The van der Waals surface area contributed by atoms with Crippen molar-refractivity contribution in [2.24, 2.45) is 0 Å². The van der Waals surface area contributed by atoms with E-state index in [4.69, 9.17) is 11.6 Å². The summed E-state index contributed by atoms with van der Waals surface area (Å²) in [6.45, 7) is 5.15. The molecule has 1 nitrogen and oxygen atoms in total. The van der Waals surface area contributed by atoms with Crippen molar-refractivity contribution in [3.8, 4) is 0 Å². The highest BCUT2D eigenvalue weighted by molar-refractivity contribution is 6.30. The molecule has 0 heterocycles. The first-order valence-corrected chi connectivity index (χ1v) is 7.78. The van der Waals surface area contributed by atoms with Gasteiger partial charge in [-0.05, 0) is 48.2 Å². The minimum absolute atomic E-state index is 0.187. The predicted molar refractivity (Wildman–Crippen MR) is 87.4 cm³/mol. The van der Waals surface area contributed by atoms with E-state index in [9.17, 15) is 4.39 Å². The van der Waals surface area contributed by atoms with Crippen molar-refractivity contribution in [3.05, 3.63) is 70.0 Å². The van der Waals surface area contributed by atoms with Gasteiger partial charge in [0, 0.05) is 6.04 Å². The van der Waals surface area contributed by atoms with Gasteiger partial charge in [0.2, 0.25) is 0 Å². The smallest absolute Gasteiger partial charge is 0.141 e. The lowest BCUT2D eigenvalue weighted by Gasteiger charge is -2.21. The lowest BCUT2D eigenvalue weighted by Crippen LogP contribution is -2.24. The second-order valence-corrected chi connectivity index (χ2v) is 5.52. The van der Waals surface area contributed by atoms with E-state index >= 15 is 0 Å². The van der Waals surface area contributed by atoms with Gasteiger partial charge in [-0.2, -0.15) is 0 Å². The first-order valence-electron chi connectivity index (χ1n) is 7.40. The van der Waals surface area contributed by atoms with E-state index in [-0.39, 0.29) is 16.9 Å². The van der Waals surface area contributed by atoms with Crippen molar-refractivity contribution in [1.82, 2.24) is 5.32 Å². The summed E-state index contributed by atoms with van der Waals surface area (Å²) in [5.41, 5.74) is 3.69. The number of likely N-dealkylation sites (N-methyl/N-ethyl adjacent to an activating group) is 1. The number of benzene rings is 2. The molecule has 3 heteroatoms. The maximum Gasteiger partial charge on any atom is 0.141 e. The van der Waals surface area contributed by atoms with Crippen LogP contribution in [0.5, 0.6) is 0 Å². The zero-order chi connectivity index (χ0) is 15.2. The minimum Gasteiger partial charge on any atom is -0.310 e. The molecule has 0 aliphatic heterocycles. The molecular formula is C18H21ClFN. The number of nitrogens with one attached hydrogen (secondary N) is 1. The van der Waals surface area contributed by atoms with Gasteiger partial charge in [-0.3, -0.25) is 0 Å². The van der Waals surface area contributed by atoms with E-state index in [1.807, 2.05) is 0 Å². The van der Waals surface area contributed by atoms with Gasteiger partial charge in [0.15, 0.2) is 0 Å². The molecule has 0 radical (unpaired) electrons. The molecule has 2 aromatic carbocycles. The second kappa shape index (κ2) is 7.58. The number of aryl methyl sites for hydroxylation is 1. The van der Waals surface area contributed by atoms with Gasteiger partial charge < -0.3 is 5.32 Å². The van der Waals surface area contributed by atoms with Crippen LogP contribution >= 0.6 is 11.6 Å². The van der Waals surface area contributed by atoms with Gasteiger partial charge in [0.1, 0.15) is 5.82 Å². The van der Waals surface area contributed by atoms with Gasteiger partial charge in [0.05, 0.1) is 5.02 Å². The van der Waals surface area contributed by atoms with Crippen LogP contribution in [0.4, 0.5) is 4.39 Å². The molecule has 2 aromatic rings. The topological polar surface area (TPSA) is 12.0 Å². The van der Waals surface area contributed by atoms with Gasteiger partial charge >= 0.3 is 0 Å². The van der Waals surface area contributed by atoms with Crippen LogP contribution in [-0.4, -0.2) is 6.54 Å². The van der Waals surface area contributed by atoms with Crippen LogP contribution in [0, 0.1) is 5.82 Å². The third-order valence-corrected chi connectivity index (χ3v) is 3.98. The maximum atomic E-state index is 13.3. The molecule has 0 saturated carbocycles. The highest BCUT2D eigenvalue weighted by Crippen LogP contribution is 2.24. The fourth-order valence-corrected chi connectivity index (χ4v) is 2.84. The molecule has 0 aliphatic rings. The zero-order valence-corrected chi connectivity index (χ0v) is 13.3. The van der Waals surface area contributed by atoms with Gasteiger partial charge in [0.25, 0.3) is 0 Å². The van der Waals surface area contributed by atoms with Crippen LogP contribution in [-0.2, 0) is 12.8 Å². The third kappa shape index (κ3) is 4.05. The van der Waals surface area contributed by atoms with Crippen molar-refractivity contribution in [2.75, 3.05) is 6.54 Å². The van der Waals surface area contributed by atoms with E-state index in [2.05, 4.69) is 43.4 Å².